The molecule has 0 saturated carbocycles. The zero-order chi connectivity index (χ0) is 29.7. The number of nitrogens with zero attached hydrogens (tertiary/aromatic N) is 2. The Labute approximate surface area is 239 Å². The van der Waals surface area contributed by atoms with E-state index in [9.17, 15) is 18.0 Å². The predicted octanol–water partition coefficient (Wildman–Crippen LogP) is 5.53. The fourth-order valence-electron chi connectivity index (χ4n) is 4.61. The van der Waals surface area contributed by atoms with Gasteiger partial charge in [0.2, 0.25) is 11.8 Å². The maximum Gasteiger partial charge on any atom is 0.264 e. The summed E-state index contributed by atoms with van der Waals surface area (Å²) in [5.41, 5.74) is 3.44. The molecule has 0 spiro atoms. The van der Waals surface area contributed by atoms with E-state index in [-0.39, 0.29) is 17.3 Å². The lowest BCUT2D eigenvalue weighted by molar-refractivity contribution is -0.141. The van der Waals surface area contributed by atoms with Gasteiger partial charge >= 0.3 is 0 Å². The smallest absolute Gasteiger partial charge is 0.264 e. The van der Waals surface area contributed by atoms with Crippen molar-refractivity contribution in [3.8, 4) is 0 Å². The number of anilines is 1. The summed E-state index contributed by atoms with van der Waals surface area (Å²) in [6, 6.07) is 20.7. The monoisotopic (exact) mass is 563 g/mol. The van der Waals surface area contributed by atoms with Crippen LogP contribution in [-0.4, -0.2) is 43.3 Å². The third-order valence-corrected chi connectivity index (χ3v) is 8.25. The SMILES string of the molecule is CC[C@@H](C(=O)NC(C)(C)C)N(Cc1ccccc1)C(=O)CN(c1cc(C)cc(C)c1)S(=O)(=O)c1ccc(C)cc1. The number of benzene rings is 3. The fraction of sp³-hybridized carbons (Fsp3) is 0.375. The van der Waals surface area contributed by atoms with Crippen LogP contribution in [-0.2, 0) is 26.2 Å². The summed E-state index contributed by atoms with van der Waals surface area (Å²) in [6.07, 6.45) is 0.370. The molecule has 0 aromatic heterocycles. The molecule has 0 heterocycles. The van der Waals surface area contributed by atoms with Gasteiger partial charge in [0.25, 0.3) is 10.0 Å². The van der Waals surface area contributed by atoms with Crippen molar-refractivity contribution >= 4 is 27.5 Å². The Morgan fingerprint density at radius 2 is 1.43 bits per heavy atom. The van der Waals surface area contributed by atoms with Crippen molar-refractivity contribution in [1.29, 1.82) is 0 Å². The lowest BCUT2D eigenvalue weighted by Gasteiger charge is -2.35. The molecule has 214 valence electrons. The molecule has 0 aliphatic heterocycles. The van der Waals surface area contributed by atoms with Crippen molar-refractivity contribution in [2.45, 2.75) is 77.9 Å². The van der Waals surface area contributed by atoms with E-state index < -0.39 is 34.1 Å². The average Bonchev–Trinajstić information content (AvgIpc) is 2.86. The zero-order valence-electron chi connectivity index (χ0n) is 24.6. The molecule has 2 amide bonds. The number of amides is 2. The second kappa shape index (κ2) is 12.7. The fourth-order valence-corrected chi connectivity index (χ4v) is 6.01. The topological polar surface area (TPSA) is 86.8 Å². The molecule has 0 bridgehead atoms. The molecule has 0 aliphatic carbocycles. The number of sulfonamides is 1. The van der Waals surface area contributed by atoms with E-state index in [2.05, 4.69) is 5.32 Å². The van der Waals surface area contributed by atoms with Crippen molar-refractivity contribution in [3.63, 3.8) is 0 Å². The van der Waals surface area contributed by atoms with E-state index in [1.165, 1.54) is 4.90 Å². The lowest BCUT2D eigenvalue weighted by atomic mass is 10.1. The molecule has 3 rings (SSSR count). The zero-order valence-corrected chi connectivity index (χ0v) is 25.4. The minimum absolute atomic E-state index is 0.0946. The largest absolute Gasteiger partial charge is 0.350 e. The summed E-state index contributed by atoms with van der Waals surface area (Å²) in [6.45, 7) is 12.9. The van der Waals surface area contributed by atoms with Crippen LogP contribution in [0, 0.1) is 20.8 Å². The Morgan fingerprint density at radius 3 is 1.95 bits per heavy atom. The van der Waals surface area contributed by atoms with Gasteiger partial charge in [-0.2, -0.15) is 0 Å². The van der Waals surface area contributed by atoms with Crippen molar-refractivity contribution in [1.82, 2.24) is 10.2 Å². The maximum atomic E-state index is 14.1. The first-order chi connectivity index (χ1) is 18.7. The van der Waals surface area contributed by atoms with Gasteiger partial charge in [0.15, 0.2) is 0 Å². The van der Waals surface area contributed by atoms with Gasteiger partial charge in [0.05, 0.1) is 10.6 Å². The first kappa shape index (κ1) is 30.9. The predicted molar refractivity (Wildman–Crippen MR) is 161 cm³/mol. The minimum Gasteiger partial charge on any atom is -0.350 e. The lowest BCUT2D eigenvalue weighted by Crippen LogP contribution is -2.55. The van der Waals surface area contributed by atoms with Gasteiger partial charge in [-0.05, 0) is 88.9 Å². The van der Waals surface area contributed by atoms with Gasteiger partial charge in [-0.1, -0.05) is 61.0 Å². The number of rotatable bonds is 10. The number of hydrogen-bond donors (Lipinski definition) is 1. The molecular weight excluding hydrogens is 522 g/mol. The van der Waals surface area contributed by atoms with E-state index in [0.717, 1.165) is 26.6 Å². The van der Waals surface area contributed by atoms with Crippen LogP contribution >= 0.6 is 0 Å². The number of aryl methyl sites for hydroxylation is 3. The average molecular weight is 564 g/mol. The second-order valence-electron chi connectivity index (χ2n) is 11.3. The van der Waals surface area contributed by atoms with E-state index in [4.69, 9.17) is 0 Å². The summed E-state index contributed by atoms with van der Waals surface area (Å²) < 4.78 is 29.2. The van der Waals surface area contributed by atoms with Gasteiger partial charge in [-0.3, -0.25) is 13.9 Å². The number of carbonyl (C=O) groups excluding carboxylic acids is 2. The van der Waals surface area contributed by atoms with Crippen molar-refractivity contribution in [3.05, 3.63) is 95.1 Å². The Bertz CT molecular complexity index is 1410. The summed E-state index contributed by atoms with van der Waals surface area (Å²) in [7, 11) is -4.10. The van der Waals surface area contributed by atoms with Crippen LogP contribution in [0.1, 0.15) is 56.4 Å². The molecule has 7 nitrogen and oxygen atoms in total. The molecule has 40 heavy (non-hydrogen) atoms. The van der Waals surface area contributed by atoms with Gasteiger partial charge in [-0.25, -0.2) is 8.42 Å². The molecule has 3 aromatic rings. The van der Waals surface area contributed by atoms with Crippen molar-refractivity contribution in [2.75, 3.05) is 10.8 Å². The molecule has 0 saturated heterocycles. The van der Waals surface area contributed by atoms with E-state index in [1.807, 2.05) is 84.9 Å². The van der Waals surface area contributed by atoms with Crippen LogP contribution in [0.25, 0.3) is 0 Å². The molecule has 8 heteroatoms. The summed E-state index contributed by atoms with van der Waals surface area (Å²) in [5.74, 6) is -0.742. The molecule has 0 unspecified atom stereocenters. The van der Waals surface area contributed by atoms with Crippen molar-refractivity contribution < 1.29 is 18.0 Å². The standard InChI is InChI=1S/C32H41N3O4S/c1-8-29(31(37)33-32(5,6)7)34(21-26-12-10-9-11-13-26)30(36)22-35(27-19-24(3)18-25(4)20-27)40(38,39)28-16-14-23(2)15-17-28/h9-20,29H,8,21-22H2,1-7H3,(H,33,37)/t29-/m0/s1. The first-order valence-corrected chi connectivity index (χ1v) is 15.0. The van der Waals surface area contributed by atoms with Crippen LogP contribution in [0.2, 0.25) is 0 Å². The van der Waals surface area contributed by atoms with Gasteiger partial charge in [0, 0.05) is 12.1 Å². The van der Waals surface area contributed by atoms with E-state index in [1.54, 1.807) is 36.4 Å². The Balaban J connectivity index is 2.09. The normalized spacial score (nSPS) is 12.5. The highest BCUT2D eigenvalue weighted by Crippen LogP contribution is 2.27. The minimum atomic E-state index is -4.10. The second-order valence-corrected chi connectivity index (χ2v) is 13.2. The van der Waals surface area contributed by atoms with Crippen LogP contribution in [0.15, 0.2) is 77.7 Å². The van der Waals surface area contributed by atoms with Crippen LogP contribution < -0.4 is 9.62 Å². The Morgan fingerprint density at radius 1 is 0.850 bits per heavy atom. The van der Waals surface area contributed by atoms with Gasteiger partial charge in [-0.15, -0.1) is 0 Å². The number of carbonyl (C=O) groups is 2. The molecule has 3 aromatic carbocycles. The Hall–Kier alpha value is -3.65. The van der Waals surface area contributed by atoms with E-state index >= 15 is 0 Å². The van der Waals surface area contributed by atoms with Crippen molar-refractivity contribution in [2.24, 2.45) is 0 Å². The summed E-state index contributed by atoms with van der Waals surface area (Å²) >= 11 is 0. The quantitative estimate of drug-likeness (QED) is 0.352. The summed E-state index contributed by atoms with van der Waals surface area (Å²) in [4.78, 5) is 29.1. The molecule has 1 atom stereocenters. The third-order valence-electron chi connectivity index (χ3n) is 6.46. The number of nitrogens with one attached hydrogen (secondary N) is 1. The maximum absolute atomic E-state index is 14.1. The molecule has 0 fully saturated rings. The highest BCUT2D eigenvalue weighted by molar-refractivity contribution is 7.92. The van der Waals surface area contributed by atoms with Crippen LogP contribution in [0.3, 0.4) is 0 Å². The van der Waals surface area contributed by atoms with Crippen LogP contribution in [0.4, 0.5) is 5.69 Å². The third kappa shape index (κ3) is 7.94. The highest BCUT2D eigenvalue weighted by atomic mass is 32.2. The Kier molecular flexibility index (Phi) is 9.79. The molecule has 0 radical (unpaired) electrons. The van der Waals surface area contributed by atoms with Crippen LogP contribution in [0.5, 0.6) is 0 Å². The first-order valence-electron chi connectivity index (χ1n) is 13.5. The highest BCUT2D eigenvalue weighted by Gasteiger charge is 2.34. The van der Waals surface area contributed by atoms with Gasteiger partial charge < -0.3 is 10.2 Å². The molecule has 1 N–H and O–H groups in total. The van der Waals surface area contributed by atoms with E-state index in [0.29, 0.717) is 12.1 Å². The number of hydrogen-bond acceptors (Lipinski definition) is 4. The summed E-state index contributed by atoms with van der Waals surface area (Å²) in [5, 5.41) is 2.99. The molecule has 0 aliphatic rings. The van der Waals surface area contributed by atoms with Gasteiger partial charge in [0.1, 0.15) is 12.6 Å². The molecular formula is C32H41N3O4S.